The van der Waals surface area contributed by atoms with E-state index in [0.717, 1.165) is 22.4 Å². The number of nitrogens with one attached hydrogen (secondary N) is 1. The number of fused-ring (bicyclic) bond motifs is 1. The summed E-state index contributed by atoms with van der Waals surface area (Å²) in [5.74, 6) is 1.29. The molecule has 0 aromatic heterocycles. The number of benzene rings is 2. The Morgan fingerprint density at radius 3 is 2.70 bits per heavy atom. The molecule has 1 amide bonds. The largest absolute Gasteiger partial charge is 0.493 e. The number of aryl methyl sites for hydroxylation is 1. The van der Waals surface area contributed by atoms with Gasteiger partial charge >= 0.3 is 0 Å². The van der Waals surface area contributed by atoms with Crippen LogP contribution in [0.2, 0.25) is 0 Å². The first-order valence-corrected chi connectivity index (χ1v) is 7.58. The molecule has 0 aliphatic carbocycles. The van der Waals surface area contributed by atoms with Crippen molar-refractivity contribution in [2.24, 2.45) is 0 Å². The minimum atomic E-state index is -0.0839. The molecular formula is C19H19NO3. The van der Waals surface area contributed by atoms with Gasteiger partial charge in [-0.2, -0.15) is 0 Å². The molecule has 2 aromatic rings. The van der Waals surface area contributed by atoms with Gasteiger partial charge in [0.2, 0.25) is 0 Å². The van der Waals surface area contributed by atoms with Crippen molar-refractivity contribution in [3.8, 4) is 11.5 Å². The molecule has 0 fully saturated rings. The van der Waals surface area contributed by atoms with Crippen molar-refractivity contribution in [2.45, 2.75) is 13.8 Å². The highest BCUT2D eigenvalue weighted by Crippen LogP contribution is 2.36. The third-order valence-corrected chi connectivity index (χ3v) is 3.86. The second-order valence-electron chi connectivity index (χ2n) is 5.35. The number of para-hydroxylation sites is 1. The lowest BCUT2D eigenvalue weighted by atomic mass is 10.0. The van der Waals surface area contributed by atoms with E-state index in [-0.39, 0.29) is 5.91 Å². The molecule has 4 heteroatoms. The topological polar surface area (TPSA) is 47.6 Å². The smallest absolute Gasteiger partial charge is 0.256 e. The van der Waals surface area contributed by atoms with Crippen LogP contribution in [-0.2, 0) is 4.79 Å². The van der Waals surface area contributed by atoms with E-state index in [2.05, 4.69) is 5.32 Å². The Hall–Kier alpha value is -2.75. The number of methoxy groups -OCH3 is 1. The first-order chi connectivity index (χ1) is 11.1. The molecule has 0 saturated heterocycles. The highest BCUT2D eigenvalue weighted by atomic mass is 16.5. The maximum Gasteiger partial charge on any atom is 0.256 e. The number of hydrogen-bond donors (Lipinski definition) is 1. The van der Waals surface area contributed by atoms with Gasteiger partial charge in [-0.25, -0.2) is 0 Å². The molecule has 0 bridgehead atoms. The summed E-state index contributed by atoms with van der Waals surface area (Å²) in [6.45, 7) is 4.47. The third-order valence-electron chi connectivity index (χ3n) is 3.86. The molecule has 1 N–H and O–H groups in total. The SMILES string of the molecule is CCOc1cc(/C=C2\C(=O)Nc3ccccc32)c(C)cc1OC. The van der Waals surface area contributed by atoms with Gasteiger partial charge in [0.15, 0.2) is 11.5 Å². The fourth-order valence-corrected chi connectivity index (χ4v) is 2.70. The average molecular weight is 309 g/mol. The van der Waals surface area contributed by atoms with Crippen LogP contribution in [0.25, 0.3) is 11.6 Å². The summed E-state index contributed by atoms with van der Waals surface area (Å²) in [5, 5.41) is 2.89. The molecule has 1 heterocycles. The Kier molecular flexibility index (Phi) is 4.06. The van der Waals surface area contributed by atoms with Gasteiger partial charge in [0, 0.05) is 16.8 Å². The number of carbonyl (C=O) groups excluding carboxylic acids is 1. The van der Waals surface area contributed by atoms with Gasteiger partial charge in [0.25, 0.3) is 5.91 Å². The summed E-state index contributed by atoms with van der Waals surface area (Å²) in [7, 11) is 1.62. The molecule has 1 aliphatic heterocycles. The Morgan fingerprint density at radius 1 is 1.17 bits per heavy atom. The average Bonchev–Trinajstić information content (AvgIpc) is 2.86. The number of ether oxygens (including phenoxy) is 2. The number of anilines is 1. The van der Waals surface area contributed by atoms with E-state index in [1.807, 2.05) is 56.3 Å². The quantitative estimate of drug-likeness (QED) is 0.872. The standard InChI is InChI=1S/C19H19NO3/c1-4-23-18-11-13(12(2)9-17(18)22-3)10-15-14-7-5-6-8-16(14)20-19(15)21/h5-11H,4H2,1-3H3,(H,20,21)/b15-10-. The number of hydrogen-bond acceptors (Lipinski definition) is 3. The van der Waals surface area contributed by atoms with E-state index in [0.29, 0.717) is 23.7 Å². The summed E-state index contributed by atoms with van der Waals surface area (Å²) < 4.78 is 11.0. The van der Waals surface area contributed by atoms with Crippen molar-refractivity contribution in [3.63, 3.8) is 0 Å². The summed E-state index contributed by atoms with van der Waals surface area (Å²) in [4.78, 5) is 12.2. The highest BCUT2D eigenvalue weighted by molar-refractivity contribution is 6.34. The molecule has 4 nitrogen and oxygen atoms in total. The van der Waals surface area contributed by atoms with Crippen LogP contribution < -0.4 is 14.8 Å². The molecule has 1 aliphatic rings. The van der Waals surface area contributed by atoms with Gasteiger partial charge < -0.3 is 14.8 Å². The Labute approximate surface area is 135 Å². The summed E-state index contributed by atoms with van der Waals surface area (Å²) >= 11 is 0. The van der Waals surface area contributed by atoms with Crippen LogP contribution in [-0.4, -0.2) is 19.6 Å². The fourth-order valence-electron chi connectivity index (χ4n) is 2.70. The second-order valence-corrected chi connectivity index (χ2v) is 5.35. The number of rotatable bonds is 4. The van der Waals surface area contributed by atoms with Gasteiger partial charge in [-0.05, 0) is 49.2 Å². The molecule has 118 valence electrons. The fraction of sp³-hybridized carbons (Fsp3) is 0.211. The van der Waals surface area contributed by atoms with Crippen molar-refractivity contribution in [2.75, 3.05) is 19.0 Å². The van der Waals surface area contributed by atoms with E-state index < -0.39 is 0 Å². The zero-order valence-corrected chi connectivity index (χ0v) is 13.5. The molecule has 23 heavy (non-hydrogen) atoms. The lowest BCUT2D eigenvalue weighted by molar-refractivity contribution is -0.110. The lowest BCUT2D eigenvalue weighted by Crippen LogP contribution is -2.04. The van der Waals surface area contributed by atoms with Crippen LogP contribution in [0, 0.1) is 6.92 Å². The van der Waals surface area contributed by atoms with Crippen molar-refractivity contribution >= 4 is 23.2 Å². The first-order valence-electron chi connectivity index (χ1n) is 7.58. The van der Waals surface area contributed by atoms with Crippen LogP contribution in [0.3, 0.4) is 0 Å². The predicted molar refractivity (Wildman–Crippen MR) is 91.8 cm³/mol. The Bertz CT molecular complexity index is 793. The van der Waals surface area contributed by atoms with E-state index in [1.54, 1.807) is 7.11 Å². The first kappa shape index (κ1) is 15.2. The third kappa shape index (κ3) is 2.80. The summed E-state index contributed by atoms with van der Waals surface area (Å²) in [6.07, 6.45) is 1.90. The maximum atomic E-state index is 12.2. The minimum absolute atomic E-state index is 0.0839. The van der Waals surface area contributed by atoms with E-state index >= 15 is 0 Å². The zero-order valence-electron chi connectivity index (χ0n) is 13.5. The lowest BCUT2D eigenvalue weighted by Gasteiger charge is -2.12. The minimum Gasteiger partial charge on any atom is -0.493 e. The predicted octanol–water partition coefficient (Wildman–Crippen LogP) is 3.90. The monoisotopic (exact) mass is 309 g/mol. The number of carbonyl (C=O) groups is 1. The summed E-state index contributed by atoms with van der Waals surface area (Å²) in [5.41, 5.74) is 4.40. The van der Waals surface area contributed by atoms with Crippen LogP contribution in [0.1, 0.15) is 23.6 Å². The molecule has 0 unspecified atom stereocenters. The number of amides is 1. The molecule has 0 radical (unpaired) electrons. The molecule has 0 spiro atoms. The Morgan fingerprint density at radius 2 is 1.96 bits per heavy atom. The van der Waals surface area contributed by atoms with Crippen LogP contribution in [0.15, 0.2) is 36.4 Å². The van der Waals surface area contributed by atoms with Gasteiger partial charge in [-0.15, -0.1) is 0 Å². The normalized spacial score (nSPS) is 14.6. The van der Waals surface area contributed by atoms with Gasteiger partial charge in [0.1, 0.15) is 0 Å². The van der Waals surface area contributed by atoms with Gasteiger partial charge in [0.05, 0.1) is 13.7 Å². The molecule has 0 atom stereocenters. The van der Waals surface area contributed by atoms with E-state index in [1.165, 1.54) is 0 Å². The van der Waals surface area contributed by atoms with Crippen molar-refractivity contribution in [3.05, 3.63) is 53.1 Å². The molecular weight excluding hydrogens is 290 g/mol. The van der Waals surface area contributed by atoms with Crippen LogP contribution in [0.4, 0.5) is 5.69 Å². The van der Waals surface area contributed by atoms with Crippen molar-refractivity contribution in [1.82, 2.24) is 0 Å². The van der Waals surface area contributed by atoms with E-state index in [9.17, 15) is 4.79 Å². The Balaban J connectivity index is 2.09. The summed E-state index contributed by atoms with van der Waals surface area (Å²) in [6, 6.07) is 11.5. The van der Waals surface area contributed by atoms with Gasteiger partial charge in [-0.3, -0.25) is 4.79 Å². The van der Waals surface area contributed by atoms with Crippen LogP contribution in [0.5, 0.6) is 11.5 Å². The molecule has 3 rings (SSSR count). The van der Waals surface area contributed by atoms with Gasteiger partial charge in [-0.1, -0.05) is 18.2 Å². The van der Waals surface area contributed by atoms with Crippen LogP contribution >= 0.6 is 0 Å². The van der Waals surface area contributed by atoms with Crippen molar-refractivity contribution < 1.29 is 14.3 Å². The zero-order chi connectivity index (χ0) is 16.4. The maximum absolute atomic E-state index is 12.2. The second kappa shape index (κ2) is 6.16. The highest BCUT2D eigenvalue weighted by Gasteiger charge is 2.23. The molecule has 0 saturated carbocycles. The molecule has 2 aromatic carbocycles. The van der Waals surface area contributed by atoms with Crippen molar-refractivity contribution in [1.29, 1.82) is 0 Å². The van der Waals surface area contributed by atoms with E-state index in [4.69, 9.17) is 9.47 Å².